The zero-order chi connectivity index (χ0) is 24.2. The van der Waals surface area contributed by atoms with Gasteiger partial charge in [0, 0.05) is 18.1 Å². The number of benzene rings is 2. The van der Waals surface area contributed by atoms with E-state index in [0.29, 0.717) is 11.6 Å². The molecule has 8 nitrogen and oxygen atoms in total. The highest BCUT2D eigenvalue weighted by atomic mass is 35.5. The second-order valence-corrected chi connectivity index (χ2v) is 8.69. The molecule has 2 aliphatic heterocycles. The number of piperazine rings is 1. The smallest absolute Gasteiger partial charge is 0.333 e. The van der Waals surface area contributed by atoms with Gasteiger partial charge in [-0.15, -0.1) is 6.42 Å². The molecule has 0 saturated carbocycles. The zero-order valence-electron chi connectivity index (χ0n) is 18.9. The molecular formula is C25H26ClN5O3. The van der Waals surface area contributed by atoms with Crippen molar-refractivity contribution in [1.29, 1.82) is 0 Å². The number of hydrogen-bond acceptors (Lipinski definition) is 4. The molecule has 2 atom stereocenters. The number of rotatable bonds is 5. The number of terminal acetylenes is 1. The van der Waals surface area contributed by atoms with Crippen molar-refractivity contribution in [3.05, 3.63) is 70.7 Å². The summed E-state index contributed by atoms with van der Waals surface area (Å²) in [6.45, 7) is 2.42. The lowest BCUT2D eigenvalue weighted by Gasteiger charge is -2.54. The van der Waals surface area contributed by atoms with Gasteiger partial charge >= 0.3 is 6.03 Å². The van der Waals surface area contributed by atoms with Crippen LogP contribution in [0.1, 0.15) is 18.1 Å². The Morgan fingerprint density at radius 3 is 2.56 bits per heavy atom. The van der Waals surface area contributed by atoms with E-state index in [-0.39, 0.29) is 44.0 Å². The molecule has 176 valence electrons. The highest BCUT2D eigenvalue weighted by Crippen LogP contribution is 2.28. The van der Waals surface area contributed by atoms with E-state index < -0.39 is 12.2 Å². The van der Waals surface area contributed by atoms with Gasteiger partial charge in [-0.1, -0.05) is 66.1 Å². The van der Waals surface area contributed by atoms with Crippen LogP contribution < -0.4 is 5.32 Å². The predicted octanol–water partition coefficient (Wildman–Crippen LogP) is 2.30. The average molecular weight is 480 g/mol. The SMILES string of the molecule is C#CCN1CC(=O)N2[C@@H](C)C(=O)N(Cc3ccccc3Cl)C[C@@H]2N1C(=O)NCc1ccccc1. The second kappa shape index (κ2) is 10.2. The minimum atomic E-state index is -0.730. The van der Waals surface area contributed by atoms with Crippen molar-refractivity contribution in [3.63, 3.8) is 0 Å². The van der Waals surface area contributed by atoms with Crippen LogP contribution in [0.4, 0.5) is 4.79 Å². The molecule has 2 aromatic carbocycles. The van der Waals surface area contributed by atoms with E-state index in [9.17, 15) is 14.4 Å². The van der Waals surface area contributed by atoms with Crippen LogP contribution in [0.3, 0.4) is 0 Å². The fraction of sp³-hybridized carbons (Fsp3) is 0.320. The number of nitrogens with one attached hydrogen (secondary N) is 1. The lowest BCUT2D eigenvalue weighted by atomic mass is 10.1. The van der Waals surface area contributed by atoms with Crippen LogP contribution in [-0.4, -0.2) is 69.5 Å². The molecule has 4 rings (SSSR count). The van der Waals surface area contributed by atoms with Gasteiger partial charge in [0.25, 0.3) is 0 Å². The summed E-state index contributed by atoms with van der Waals surface area (Å²) in [5, 5.41) is 6.51. The number of urea groups is 1. The molecule has 34 heavy (non-hydrogen) atoms. The van der Waals surface area contributed by atoms with Crippen molar-refractivity contribution < 1.29 is 14.4 Å². The van der Waals surface area contributed by atoms with Crippen molar-refractivity contribution in [1.82, 2.24) is 25.1 Å². The summed E-state index contributed by atoms with van der Waals surface area (Å²) in [4.78, 5) is 42.7. The number of halogens is 1. The van der Waals surface area contributed by atoms with Crippen molar-refractivity contribution in [2.45, 2.75) is 32.2 Å². The minimum Gasteiger partial charge on any atom is -0.333 e. The van der Waals surface area contributed by atoms with E-state index in [1.165, 1.54) is 9.91 Å². The van der Waals surface area contributed by atoms with Gasteiger partial charge in [-0.05, 0) is 24.1 Å². The molecule has 0 aliphatic carbocycles. The molecule has 2 aromatic rings. The van der Waals surface area contributed by atoms with Crippen LogP contribution in [0.15, 0.2) is 54.6 Å². The standard InChI is InChI=1S/C25H26ClN5O3/c1-3-13-29-17-23(32)30-18(2)24(33)28(15-20-11-7-8-12-21(20)26)16-22(30)31(29)25(34)27-14-19-9-5-4-6-10-19/h1,4-12,18,22H,13-17H2,2H3,(H,27,34)/t18-,22-/m0/s1. The van der Waals surface area contributed by atoms with Crippen LogP contribution in [-0.2, 0) is 22.7 Å². The van der Waals surface area contributed by atoms with Gasteiger partial charge in [-0.3, -0.25) is 9.59 Å². The largest absolute Gasteiger partial charge is 0.334 e. The van der Waals surface area contributed by atoms with Gasteiger partial charge < -0.3 is 15.1 Å². The first kappa shape index (κ1) is 23.6. The molecule has 0 aromatic heterocycles. The lowest BCUT2D eigenvalue weighted by molar-refractivity contribution is -0.188. The van der Waals surface area contributed by atoms with Gasteiger partial charge in [-0.25, -0.2) is 9.80 Å². The summed E-state index contributed by atoms with van der Waals surface area (Å²) in [6.07, 6.45) is 4.85. The zero-order valence-corrected chi connectivity index (χ0v) is 19.6. The Morgan fingerprint density at radius 1 is 1.15 bits per heavy atom. The van der Waals surface area contributed by atoms with Crippen LogP contribution in [0.5, 0.6) is 0 Å². The van der Waals surface area contributed by atoms with E-state index in [2.05, 4.69) is 11.2 Å². The third-order valence-electron chi connectivity index (χ3n) is 6.07. The summed E-state index contributed by atoms with van der Waals surface area (Å²) in [7, 11) is 0. The van der Waals surface area contributed by atoms with E-state index >= 15 is 0 Å². The summed E-state index contributed by atoms with van der Waals surface area (Å²) in [6, 6.07) is 15.7. The van der Waals surface area contributed by atoms with Crippen LogP contribution >= 0.6 is 11.6 Å². The number of carbonyl (C=O) groups excluding carboxylic acids is 3. The molecule has 2 aliphatic rings. The number of hydrogen-bond donors (Lipinski definition) is 1. The molecule has 4 amide bonds. The maximum Gasteiger partial charge on any atom is 0.334 e. The topological polar surface area (TPSA) is 76.2 Å². The summed E-state index contributed by atoms with van der Waals surface area (Å²) in [5.41, 5.74) is 1.73. The molecule has 2 fully saturated rings. The van der Waals surface area contributed by atoms with E-state index in [1.807, 2.05) is 48.5 Å². The van der Waals surface area contributed by atoms with E-state index in [4.69, 9.17) is 18.0 Å². The molecule has 0 unspecified atom stereocenters. The maximum atomic E-state index is 13.4. The Bertz CT molecular complexity index is 1120. The molecule has 0 radical (unpaired) electrons. The van der Waals surface area contributed by atoms with Crippen molar-refractivity contribution in [3.8, 4) is 12.3 Å². The number of carbonyl (C=O) groups is 3. The fourth-order valence-corrected chi connectivity index (χ4v) is 4.62. The Kier molecular flexibility index (Phi) is 7.06. The first-order valence-corrected chi connectivity index (χ1v) is 11.4. The summed E-state index contributed by atoms with van der Waals surface area (Å²) in [5.74, 6) is 2.09. The van der Waals surface area contributed by atoms with E-state index in [0.717, 1.165) is 11.1 Å². The van der Waals surface area contributed by atoms with Crippen molar-refractivity contribution in [2.24, 2.45) is 0 Å². The first-order valence-electron chi connectivity index (χ1n) is 11.0. The summed E-state index contributed by atoms with van der Waals surface area (Å²) < 4.78 is 0. The fourth-order valence-electron chi connectivity index (χ4n) is 4.43. The maximum absolute atomic E-state index is 13.4. The highest BCUT2D eigenvalue weighted by molar-refractivity contribution is 6.31. The van der Waals surface area contributed by atoms with Crippen LogP contribution in [0, 0.1) is 12.3 Å². The average Bonchev–Trinajstić information content (AvgIpc) is 2.83. The molecule has 0 spiro atoms. The highest BCUT2D eigenvalue weighted by Gasteiger charge is 2.49. The van der Waals surface area contributed by atoms with Crippen molar-refractivity contribution >= 4 is 29.4 Å². The summed E-state index contributed by atoms with van der Waals surface area (Å²) >= 11 is 6.32. The normalized spacial score (nSPS) is 20.7. The van der Waals surface area contributed by atoms with Crippen molar-refractivity contribution in [2.75, 3.05) is 19.6 Å². The van der Waals surface area contributed by atoms with Gasteiger partial charge in [0.05, 0.1) is 19.6 Å². The Balaban J connectivity index is 1.61. The number of hydrazine groups is 1. The van der Waals surface area contributed by atoms with Crippen LogP contribution in [0.2, 0.25) is 5.02 Å². The number of amides is 4. The first-order chi connectivity index (χ1) is 16.4. The Labute approximate surface area is 204 Å². The van der Waals surface area contributed by atoms with Gasteiger partial charge in [0.1, 0.15) is 12.2 Å². The van der Waals surface area contributed by atoms with Gasteiger partial charge in [0.15, 0.2) is 0 Å². The Hall–Kier alpha value is -3.54. The second-order valence-electron chi connectivity index (χ2n) is 8.28. The molecule has 2 heterocycles. The Morgan fingerprint density at radius 2 is 1.85 bits per heavy atom. The number of nitrogens with zero attached hydrogens (tertiary/aromatic N) is 4. The molecule has 0 bridgehead atoms. The predicted molar refractivity (Wildman–Crippen MR) is 128 cm³/mol. The van der Waals surface area contributed by atoms with Crippen LogP contribution in [0.25, 0.3) is 0 Å². The molecular weight excluding hydrogens is 454 g/mol. The third kappa shape index (κ3) is 4.72. The van der Waals surface area contributed by atoms with E-state index in [1.54, 1.807) is 22.9 Å². The molecule has 9 heteroatoms. The quantitative estimate of drug-likeness (QED) is 0.668. The monoisotopic (exact) mass is 479 g/mol. The minimum absolute atomic E-state index is 0.0818. The lowest BCUT2D eigenvalue weighted by Crippen LogP contribution is -2.75. The molecule has 2 saturated heterocycles. The molecule has 1 N–H and O–H groups in total. The van der Waals surface area contributed by atoms with Gasteiger partial charge in [0.2, 0.25) is 11.8 Å². The third-order valence-corrected chi connectivity index (χ3v) is 6.44. The number of fused-ring (bicyclic) bond motifs is 1. The van der Waals surface area contributed by atoms with Gasteiger partial charge in [-0.2, -0.15) is 5.01 Å².